The highest BCUT2D eigenvalue weighted by molar-refractivity contribution is 5.43. The molecule has 134 valence electrons. The lowest BCUT2D eigenvalue weighted by Crippen LogP contribution is -2.42. The molecule has 1 aromatic rings. The fourth-order valence-corrected chi connectivity index (χ4v) is 3.52. The van der Waals surface area contributed by atoms with E-state index in [-0.39, 0.29) is 6.10 Å². The van der Waals surface area contributed by atoms with Crippen LogP contribution in [0.2, 0.25) is 0 Å². The monoisotopic (exact) mass is 334 g/mol. The quantitative estimate of drug-likeness (QED) is 0.862. The molecule has 0 amide bonds. The largest absolute Gasteiger partial charge is 0.486 e. The van der Waals surface area contributed by atoms with Gasteiger partial charge in [-0.05, 0) is 56.6 Å². The van der Waals surface area contributed by atoms with E-state index in [0.29, 0.717) is 19.8 Å². The van der Waals surface area contributed by atoms with E-state index in [4.69, 9.17) is 9.47 Å². The molecule has 1 unspecified atom stereocenters. The molecule has 0 spiro atoms. The van der Waals surface area contributed by atoms with Gasteiger partial charge < -0.3 is 19.5 Å². The number of ether oxygens (including phenoxy) is 2. The van der Waals surface area contributed by atoms with Crippen molar-refractivity contribution >= 4 is 0 Å². The van der Waals surface area contributed by atoms with Gasteiger partial charge in [-0.25, -0.2) is 0 Å². The number of rotatable bonds is 6. The van der Waals surface area contributed by atoms with E-state index in [1.165, 1.54) is 18.4 Å². The molecule has 0 bridgehead atoms. The van der Waals surface area contributed by atoms with E-state index in [2.05, 4.69) is 29.8 Å². The molecule has 1 saturated heterocycles. The molecule has 2 heterocycles. The normalized spacial score (nSPS) is 20.3. The number of nitrogens with zero attached hydrogens (tertiary/aromatic N) is 2. The van der Waals surface area contributed by atoms with Crippen LogP contribution in [-0.4, -0.2) is 67.5 Å². The molecule has 2 aliphatic heterocycles. The Kier molecular flexibility index (Phi) is 5.98. The fraction of sp³-hybridized carbons (Fsp3) is 0.684. The predicted molar refractivity (Wildman–Crippen MR) is 94.6 cm³/mol. The Morgan fingerprint density at radius 3 is 2.67 bits per heavy atom. The van der Waals surface area contributed by atoms with Crippen molar-refractivity contribution in [1.29, 1.82) is 0 Å². The Hall–Kier alpha value is -1.30. The van der Waals surface area contributed by atoms with Gasteiger partial charge in [-0.2, -0.15) is 0 Å². The summed E-state index contributed by atoms with van der Waals surface area (Å²) in [6.45, 7) is 8.03. The number of benzene rings is 1. The first-order valence-corrected chi connectivity index (χ1v) is 9.07. The number of hydrogen-bond donors (Lipinski definition) is 1. The minimum atomic E-state index is -0.305. The highest BCUT2D eigenvalue weighted by atomic mass is 16.6. The summed E-state index contributed by atoms with van der Waals surface area (Å²) in [7, 11) is 2.05. The third kappa shape index (κ3) is 4.85. The van der Waals surface area contributed by atoms with Crippen molar-refractivity contribution in [3.63, 3.8) is 0 Å². The van der Waals surface area contributed by atoms with Gasteiger partial charge in [0.25, 0.3) is 0 Å². The lowest BCUT2D eigenvalue weighted by molar-refractivity contribution is 0.0662. The Balaban J connectivity index is 1.45. The summed E-state index contributed by atoms with van der Waals surface area (Å²) in [6.07, 6.45) is 2.19. The summed E-state index contributed by atoms with van der Waals surface area (Å²) in [6, 6.07) is 6.09. The number of aliphatic hydroxyl groups is 1. The minimum Gasteiger partial charge on any atom is -0.486 e. The Morgan fingerprint density at radius 1 is 1.21 bits per heavy atom. The van der Waals surface area contributed by atoms with Crippen LogP contribution < -0.4 is 9.47 Å². The molecule has 1 fully saturated rings. The van der Waals surface area contributed by atoms with Crippen LogP contribution in [0.4, 0.5) is 0 Å². The van der Waals surface area contributed by atoms with Crippen LogP contribution in [0.25, 0.3) is 0 Å². The topological polar surface area (TPSA) is 45.2 Å². The van der Waals surface area contributed by atoms with Gasteiger partial charge in [0.1, 0.15) is 13.2 Å². The van der Waals surface area contributed by atoms with Crippen LogP contribution >= 0.6 is 0 Å². The zero-order chi connectivity index (χ0) is 16.9. The highest BCUT2D eigenvalue weighted by Crippen LogP contribution is 2.31. The first-order valence-electron chi connectivity index (χ1n) is 9.07. The number of hydrogen-bond acceptors (Lipinski definition) is 5. The summed E-state index contributed by atoms with van der Waals surface area (Å²) in [5, 5.41) is 10.4. The van der Waals surface area contributed by atoms with Crippen LogP contribution in [0.5, 0.6) is 11.5 Å². The molecule has 1 atom stereocenters. The zero-order valence-corrected chi connectivity index (χ0v) is 14.9. The SMILES string of the molecule is CC1CCN(CC(O)CN(C)Cc2ccc3c(c2)OCCO3)CC1. The Morgan fingerprint density at radius 2 is 1.92 bits per heavy atom. The van der Waals surface area contributed by atoms with Crippen LogP contribution in [0.15, 0.2) is 18.2 Å². The first-order chi connectivity index (χ1) is 11.6. The van der Waals surface area contributed by atoms with E-state index in [9.17, 15) is 5.11 Å². The zero-order valence-electron chi connectivity index (χ0n) is 14.9. The van der Waals surface area contributed by atoms with E-state index in [1.54, 1.807) is 0 Å². The van der Waals surface area contributed by atoms with Crippen molar-refractivity contribution in [2.75, 3.05) is 46.4 Å². The number of fused-ring (bicyclic) bond motifs is 1. The predicted octanol–water partition coefficient (Wildman–Crippen LogP) is 1.98. The lowest BCUT2D eigenvalue weighted by Gasteiger charge is -2.32. The molecular formula is C19H30N2O3. The lowest BCUT2D eigenvalue weighted by atomic mass is 9.99. The van der Waals surface area contributed by atoms with Crippen LogP contribution in [0.1, 0.15) is 25.3 Å². The number of β-amino-alcohol motifs (C(OH)–C–C–N with tert-alkyl or cyclic N) is 1. The Bertz CT molecular complexity index is 529. The molecule has 0 radical (unpaired) electrons. The third-order valence-corrected chi connectivity index (χ3v) is 4.93. The molecule has 0 aromatic heterocycles. The van der Waals surface area contributed by atoms with Gasteiger partial charge in [-0.3, -0.25) is 4.90 Å². The van der Waals surface area contributed by atoms with Crippen molar-refractivity contribution in [2.24, 2.45) is 5.92 Å². The average molecular weight is 334 g/mol. The molecule has 0 aliphatic carbocycles. The van der Waals surface area contributed by atoms with E-state index in [1.807, 2.05) is 12.1 Å². The molecule has 2 aliphatic rings. The number of aliphatic hydroxyl groups excluding tert-OH is 1. The van der Waals surface area contributed by atoms with E-state index in [0.717, 1.165) is 43.6 Å². The number of piperidine rings is 1. The van der Waals surface area contributed by atoms with Crippen LogP contribution in [-0.2, 0) is 6.54 Å². The maximum atomic E-state index is 10.4. The summed E-state index contributed by atoms with van der Waals surface area (Å²) in [4.78, 5) is 4.56. The van der Waals surface area contributed by atoms with E-state index < -0.39 is 0 Å². The van der Waals surface area contributed by atoms with Gasteiger partial charge in [0.05, 0.1) is 6.10 Å². The van der Waals surface area contributed by atoms with Crippen molar-refractivity contribution in [3.05, 3.63) is 23.8 Å². The molecule has 5 nitrogen and oxygen atoms in total. The summed E-state index contributed by atoms with van der Waals surface area (Å²) in [5.41, 5.74) is 1.18. The van der Waals surface area contributed by atoms with Gasteiger partial charge in [-0.1, -0.05) is 13.0 Å². The maximum Gasteiger partial charge on any atom is 0.161 e. The summed E-state index contributed by atoms with van der Waals surface area (Å²) < 4.78 is 11.2. The second kappa shape index (κ2) is 8.19. The van der Waals surface area contributed by atoms with Gasteiger partial charge in [0, 0.05) is 19.6 Å². The highest BCUT2D eigenvalue weighted by Gasteiger charge is 2.19. The van der Waals surface area contributed by atoms with Crippen LogP contribution in [0.3, 0.4) is 0 Å². The van der Waals surface area contributed by atoms with Gasteiger partial charge in [-0.15, -0.1) is 0 Å². The van der Waals surface area contributed by atoms with Gasteiger partial charge in [0.2, 0.25) is 0 Å². The minimum absolute atomic E-state index is 0.305. The van der Waals surface area contributed by atoms with E-state index >= 15 is 0 Å². The van der Waals surface area contributed by atoms with Crippen molar-refractivity contribution in [1.82, 2.24) is 9.80 Å². The standard InChI is InChI=1S/C19H30N2O3/c1-15-5-7-21(8-6-15)14-17(22)13-20(2)12-16-3-4-18-19(11-16)24-10-9-23-18/h3-4,11,15,17,22H,5-10,12-14H2,1-2H3. The molecule has 3 rings (SSSR count). The van der Waals surface area contributed by atoms with Crippen LogP contribution in [0, 0.1) is 5.92 Å². The van der Waals surface area contributed by atoms with Crippen molar-refractivity contribution in [2.45, 2.75) is 32.4 Å². The smallest absolute Gasteiger partial charge is 0.161 e. The molecule has 5 heteroatoms. The van der Waals surface area contributed by atoms with Gasteiger partial charge in [0.15, 0.2) is 11.5 Å². The number of likely N-dealkylation sites (N-methyl/N-ethyl adjacent to an activating group) is 1. The fourth-order valence-electron chi connectivity index (χ4n) is 3.52. The molecule has 0 saturated carbocycles. The number of likely N-dealkylation sites (tertiary alicyclic amines) is 1. The molecular weight excluding hydrogens is 304 g/mol. The van der Waals surface area contributed by atoms with Gasteiger partial charge >= 0.3 is 0 Å². The van der Waals surface area contributed by atoms with Crippen molar-refractivity contribution in [3.8, 4) is 11.5 Å². The summed E-state index contributed by atoms with van der Waals surface area (Å²) in [5.74, 6) is 2.48. The maximum absolute atomic E-state index is 10.4. The Labute approximate surface area is 145 Å². The average Bonchev–Trinajstić information content (AvgIpc) is 2.56. The third-order valence-electron chi connectivity index (χ3n) is 4.93. The molecule has 1 aromatic carbocycles. The molecule has 24 heavy (non-hydrogen) atoms. The molecule has 1 N–H and O–H groups in total. The first kappa shape index (κ1) is 17.5. The summed E-state index contributed by atoms with van der Waals surface area (Å²) >= 11 is 0. The second-order valence-corrected chi connectivity index (χ2v) is 7.31. The second-order valence-electron chi connectivity index (χ2n) is 7.31. The van der Waals surface area contributed by atoms with Crippen molar-refractivity contribution < 1.29 is 14.6 Å².